The molecule has 3 rings (SSSR count). The lowest BCUT2D eigenvalue weighted by atomic mass is 10.1. The summed E-state index contributed by atoms with van der Waals surface area (Å²) >= 11 is 0. The zero-order chi connectivity index (χ0) is 16.6. The number of hydrogen-bond acceptors (Lipinski definition) is 5. The summed E-state index contributed by atoms with van der Waals surface area (Å²) in [6, 6.07) is 19.4. The van der Waals surface area contributed by atoms with E-state index < -0.39 is 6.10 Å². The topological polar surface area (TPSA) is 67.3 Å². The maximum absolute atomic E-state index is 10.1. The van der Waals surface area contributed by atoms with Gasteiger partial charge in [-0.3, -0.25) is 0 Å². The Balaban J connectivity index is 1.53. The van der Waals surface area contributed by atoms with Crippen LogP contribution in [-0.2, 0) is 6.54 Å². The molecule has 0 bridgehead atoms. The monoisotopic (exact) mass is 321 g/mol. The Hall–Kier alpha value is -2.76. The Kier molecular flexibility index (Phi) is 5.50. The van der Waals surface area contributed by atoms with E-state index in [0.717, 1.165) is 11.1 Å². The predicted molar refractivity (Wildman–Crippen MR) is 91.7 cm³/mol. The van der Waals surface area contributed by atoms with Crippen LogP contribution in [0, 0.1) is 0 Å². The molecule has 1 heterocycles. The molecule has 0 amide bonds. The van der Waals surface area contributed by atoms with Gasteiger partial charge in [-0.15, -0.1) is 0 Å². The molecule has 5 nitrogen and oxygen atoms in total. The van der Waals surface area contributed by atoms with Crippen LogP contribution in [0.3, 0.4) is 0 Å². The third-order valence-electron chi connectivity index (χ3n) is 3.50. The highest BCUT2D eigenvalue weighted by Crippen LogP contribution is 2.18. The van der Waals surface area contributed by atoms with Gasteiger partial charge in [0.1, 0.15) is 5.75 Å². The van der Waals surface area contributed by atoms with Crippen LogP contribution >= 0.6 is 0 Å². The molecule has 2 N–H and O–H groups in total. The summed E-state index contributed by atoms with van der Waals surface area (Å²) < 4.78 is 5.62. The van der Waals surface area contributed by atoms with Gasteiger partial charge in [0.15, 0.2) is 0 Å². The number of nitrogens with one attached hydrogen (secondary N) is 1. The Morgan fingerprint density at radius 3 is 2.54 bits per heavy atom. The van der Waals surface area contributed by atoms with Gasteiger partial charge in [0.05, 0.1) is 6.10 Å². The molecule has 0 spiro atoms. The van der Waals surface area contributed by atoms with Gasteiger partial charge in [0.2, 0.25) is 0 Å². The van der Waals surface area contributed by atoms with Crippen molar-refractivity contribution in [2.24, 2.45) is 0 Å². The van der Waals surface area contributed by atoms with Crippen LogP contribution in [0.5, 0.6) is 11.8 Å². The van der Waals surface area contributed by atoms with Gasteiger partial charge in [-0.1, -0.05) is 42.5 Å². The molecule has 122 valence electrons. The van der Waals surface area contributed by atoms with E-state index in [1.54, 1.807) is 18.5 Å². The van der Waals surface area contributed by atoms with Crippen molar-refractivity contribution in [2.75, 3.05) is 6.54 Å². The van der Waals surface area contributed by atoms with Crippen LogP contribution in [0.4, 0.5) is 0 Å². The molecule has 3 aromatic rings. The molecule has 0 unspecified atom stereocenters. The van der Waals surface area contributed by atoms with Gasteiger partial charge in [0.25, 0.3) is 0 Å². The van der Waals surface area contributed by atoms with Crippen LogP contribution in [0.1, 0.15) is 17.2 Å². The Labute approximate surface area is 141 Å². The van der Waals surface area contributed by atoms with Crippen molar-refractivity contribution in [3.05, 3.63) is 84.2 Å². The van der Waals surface area contributed by atoms with E-state index in [1.165, 1.54) is 0 Å². The molecule has 0 aliphatic heterocycles. The SMILES string of the molecule is O[C@@H](CNCc1cccc(Oc2ncccn2)c1)c1ccccc1. The zero-order valence-electron chi connectivity index (χ0n) is 13.2. The molecule has 24 heavy (non-hydrogen) atoms. The molecule has 0 saturated heterocycles. The highest BCUT2D eigenvalue weighted by molar-refractivity contribution is 5.30. The lowest BCUT2D eigenvalue weighted by molar-refractivity contribution is 0.174. The minimum Gasteiger partial charge on any atom is -0.424 e. The second-order valence-electron chi connectivity index (χ2n) is 5.34. The number of benzene rings is 2. The van der Waals surface area contributed by atoms with Gasteiger partial charge in [-0.05, 0) is 29.3 Å². The standard InChI is InChI=1S/C19H19N3O2/c23-18(16-7-2-1-3-8-16)14-20-13-15-6-4-9-17(12-15)24-19-21-10-5-11-22-19/h1-12,18,20,23H,13-14H2/t18-/m0/s1. The molecule has 1 atom stereocenters. The number of aliphatic hydroxyl groups excluding tert-OH is 1. The number of ether oxygens (including phenoxy) is 1. The van der Waals surface area contributed by atoms with E-state index in [4.69, 9.17) is 4.74 Å². The fourth-order valence-corrected chi connectivity index (χ4v) is 2.31. The van der Waals surface area contributed by atoms with E-state index in [1.807, 2.05) is 54.6 Å². The number of hydrogen-bond donors (Lipinski definition) is 2. The van der Waals surface area contributed by atoms with Crippen molar-refractivity contribution >= 4 is 0 Å². The largest absolute Gasteiger partial charge is 0.424 e. The van der Waals surface area contributed by atoms with Crippen molar-refractivity contribution in [1.82, 2.24) is 15.3 Å². The Morgan fingerprint density at radius 1 is 0.958 bits per heavy atom. The number of nitrogens with zero attached hydrogens (tertiary/aromatic N) is 2. The highest BCUT2D eigenvalue weighted by atomic mass is 16.5. The van der Waals surface area contributed by atoms with E-state index in [2.05, 4.69) is 15.3 Å². The fourth-order valence-electron chi connectivity index (χ4n) is 2.31. The summed E-state index contributed by atoms with van der Waals surface area (Å²) in [5.74, 6) is 0.684. The van der Waals surface area contributed by atoms with E-state index >= 15 is 0 Å². The summed E-state index contributed by atoms with van der Waals surface area (Å²) in [5, 5.41) is 13.4. The maximum Gasteiger partial charge on any atom is 0.321 e. The molecular formula is C19H19N3O2. The van der Waals surface area contributed by atoms with Crippen molar-refractivity contribution < 1.29 is 9.84 Å². The average Bonchev–Trinajstić information content (AvgIpc) is 2.63. The third-order valence-corrected chi connectivity index (χ3v) is 3.50. The highest BCUT2D eigenvalue weighted by Gasteiger charge is 2.06. The first-order chi connectivity index (χ1) is 11.8. The van der Waals surface area contributed by atoms with E-state index in [-0.39, 0.29) is 0 Å². The summed E-state index contributed by atoms with van der Waals surface area (Å²) in [7, 11) is 0. The van der Waals surface area contributed by atoms with Crippen molar-refractivity contribution in [3.8, 4) is 11.8 Å². The smallest absolute Gasteiger partial charge is 0.321 e. The second-order valence-corrected chi connectivity index (χ2v) is 5.34. The maximum atomic E-state index is 10.1. The van der Waals surface area contributed by atoms with Crippen LogP contribution in [-0.4, -0.2) is 21.6 Å². The summed E-state index contributed by atoms with van der Waals surface area (Å²) in [5.41, 5.74) is 1.96. The molecule has 1 aromatic heterocycles. The minimum absolute atomic E-state index is 0.321. The van der Waals surface area contributed by atoms with Crippen LogP contribution in [0.25, 0.3) is 0 Å². The van der Waals surface area contributed by atoms with Gasteiger partial charge in [-0.25, -0.2) is 9.97 Å². The van der Waals surface area contributed by atoms with Crippen molar-refractivity contribution in [2.45, 2.75) is 12.6 Å². The molecule has 0 aliphatic rings. The van der Waals surface area contributed by atoms with Crippen molar-refractivity contribution in [1.29, 1.82) is 0 Å². The van der Waals surface area contributed by atoms with E-state index in [9.17, 15) is 5.11 Å². The molecule has 0 aliphatic carbocycles. The first-order valence-corrected chi connectivity index (χ1v) is 7.79. The number of aliphatic hydroxyl groups is 1. The van der Waals surface area contributed by atoms with Crippen LogP contribution in [0.15, 0.2) is 73.1 Å². The fraction of sp³-hybridized carbons (Fsp3) is 0.158. The quantitative estimate of drug-likeness (QED) is 0.700. The molecule has 0 radical (unpaired) electrons. The molecule has 5 heteroatoms. The molecular weight excluding hydrogens is 302 g/mol. The Morgan fingerprint density at radius 2 is 1.75 bits per heavy atom. The minimum atomic E-state index is -0.525. The summed E-state index contributed by atoms with van der Waals surface area (Å²) in [6.45, 7) is 1.12. The predicted octanol–water partition coefficient (Wildman–Crippen LogP) is 3.09. The number of aromatic nitrogens is 2. The van der Waals surface area contributed by atoms with Crippen molar-refractivity contribution in [3.63, 3.8) is 0 Å². The average molecular weight is 321 g/mol. The van der Waals surface area contributed by atoms with Gasteiger partial charge in [0, 0.05) is 25.5 Å². The molecule has 0 fully saturated rings. The third kappa shape index (κ3) is 4.62. The molecule has 0 saturated carbocycles. The summed E-state index contributed by atoms with van der Waals surface area (Å²) in [4.78, 5) is 8.08. The normalized spacial score (nSPS) is 11.9. The van der Waals surface area contributed by atoms with Crippen LogP contribution < -0.4 is 10.1 Å². The molecule has 2 aromatic carbocycles. The zero-order valence-corrected chi connectivity index (χ0v) is 13.2. The van der Waals surface area contributed by atoms with Gasteiger partial charge >= 0.3 is 6.01 Å². The van der Waals surface area contributed by atoms with Gasteiger partial charge < -0.3 is 15.2 Å². The summed E-state index contributed by atoms with van der Waals surface area (Å²) in [6.07, 6.45) is 2.75. The first kappa shape index (κ1) is 16.1. The van der Waals surface area contributed by atoms with Gasteiger partial charge in [-0.2, -0.15) is 0 Å². The first-order valence-electron chi connectivity index (χ1n) is 7.79. The Bertz CT molecular complexity index is 751. The lowest BCUT2D eigenvalue weighted by Crippen LogP contribution is -2.21. The lowest BCUT2D eigenvalue weighted by Gasteiger charge is -2.12. The second kappa shape index (κ2) is 8.19. The number of rotatable bonds is 7. The van der Waals surface area contributed by atoms with Crippen LogP contribution in [0.2, 0.25) is 0 Å². The van der Waals surface area contributed by atoms with E-state index in [0.29, 0.717) is 24.8 Å².